The van der Waals surface area contributed by atoms with E-state index in [1.54, 1.807) is 0 Å². The first-order chi connectivity index (χ1) is 3.00. The third-order valence-electron chi connectivity index (χ3n) is 0.614. The summed E-state index contributed by atoms with van der Waals surface area (Å²) in [6, 6.07) is 0. The van der Waals surface area contributed by atoms with E-state index in [1.807, 2.05) is 17.7 Å². The van der Waals surface area contributed by atoms with Gasteiger partial charge in [0, 0.05) is 0 Å². The summed E-state index contributed by atoms with van der Waals surface area (Å²) in [5, 5.41) is 2.10. The van der Waals surface area contributed by atoms with Crippen LogP contribution in [0.1, 0.15) is 0 Å². The molecule has 0 atom stereocenters. The molecule has 0 saturated heterocycles. The molecule has 1 heterocycles. The first-order valence-corrected chi connectivity index (χ1v) is 2.98. The molecule has 0 fully saturated rings. The van der Waals surface area contributed by atoms with Crippen LogP contribution in [0.15, 0.2) is 23.5 Å². The third-order valence-corrected chi connectivity index (χ3v) is 1.35. The van der Waals surface area contributed by atoms with E-state index in [2.05, 4.69) is 17.5 Å². The summed E-state index contributed by atoms with van der Waals surface area (Å²) in [5.41, 5.74) is 0. The highest BCUT2D eigenvalue weighted by Crippen LogP contribution is 2.03. The van der Waals surface area contributed by atoms with Gasteiger partial charge in [0.15, 0.2) is 0 Å². The van der Waals surface area contributed by atoms with Gasteiger partial charge in [0.25, 0.3) is 0 Å². The fraction of sp³-hybridized carbons (Fsp3) is 0. The topological polar surface area (TPSA) is 0 Å². The molecule has 0 unspecified atom stereocenters. The molecule has 0 saturated carbocycles. The summed E-state index contributed by atoms with van der Waals surface area (Å²) in [6.07, 6.45) is 4.12. The average molecular weight is 96.0 g/mol. The normalized spacial score (nSPS) is 17.3. The highest BCUT2D eigenvalue weighted by atomic mass is 32.2. The molecule has 0 aromatic rings. The molecule has 30 valence electrons. The Labute approximate surface area is 42.5 Å². The lowest BCUT2D eigenvalue weighted by Gasteiger charge is -1.86. The van der Waals surface area contributed by atoms with Gasteiger partial charge >= 0.3 is 0 Å². The summed E-state index contributed by atoms with van der Waals surface area (Å²) in [4.78, 5) is 0. The summed E-state index contributed by atoms with van der Waals surface area (Å²) >= 11 is 1.83. The molecular weight excluding hydrogens is 90.9 g/mol. The lowest BCUT2D eigenvalue weighted by atomic mass is 10.1. The standard InChI is InChI=1S/C4H5BS/c1-2-4-6-5-3-1/h1-5H. The lowest BCUT2D eigenvalue weighted by Crippen LogP contribution is -1.73. The Bertz CT molecular complexity index is 73.5. The number of rotatable bonds is 0. The second-order valence-corrected chi connectivity index (χ2v) is 2.03. The summed E-state index contributed by atoms with van der Waals surface area (Å²) in [6.45, 7) is 1.15. The Morgan fingerprint density at radius 2 is 2.33 bits per heavy atom. The van der Waals surface area contributed by atoms with Crippen LogP contribution in [0, 0.1) is 0 Å². The maximum Gasteiger partial charge on any atom is 0.222 e. The summed E-state index contributed by atoms with van der Waals surface area (Å²) in [7, 11) is 0. The van der Waals surface area contributed by atoms with Crippen molar-refractivity contribution in [3.63, 3.8) is 0 Å². The van der Waals surface area contributed by atoms with E-state index < -0.39 is 0 Å². The molecule has 0 nitrogen and oxygen atoms in total. The van der Waals surface area contributed by atoms with E-state index >= 15 is 0 Å². The molecule has 1 aliphatic heterocycles. The second-order valence-electron chi connectivity index (χ2n) is 1.09. The summed E-state index contributed by atoms with van der Waals surface area (Å²) < 4.78 is 0. The molecule has 1 rings (SSSR count). The van der Waals surface area contributed by atoms with E-state index in [-0.39, 0.29) is 0 Å². The van der Waals surface area contributed by atoms with Crippen molar-refractivity contribution in [3.8, 4) is 0 Å². The van der Waals surface area contributed by atoms with Crippen LogP contribution in [-0.4, -0.2) is 6.56 Å². The van der Waals surface area contributed by atoms with Gasteiger partial charge in [0.1, 0.15) is 0 Å². The van der Waals surface area contributed by atoms with Crippen molar-refractivity contribution in [2.24, 2.45) is 0 Å². The Morgan fingerprint density at radius 3 is 2.50 bits per heavy atom. The SMILES string of the molecule is B1C=CC=CS1. The lowest BCUT2D eigenvalue weighted by molar-refractivity contribution is 2.08. The van der Waals surface area contributed by atoms with Crippen molar-refractivity contribution in [3.05, 3.63) is 23.5 Å². The zero-order chi connectivity index (χ0) is 4.24. The van der Waals surface area contributed by atoms with Crippen LogP contribution in [0.4, 0.5) is 0 Å². The smallest absolute Gasteiger partial charge is 0.183 e. The predicted octanol–water partition coefficient (Wildman–Crippen LogP) is 1.11. The number of hydrogen-bond acceptors (Lipinski definition) is 1. The maximum absolute atomic E-state index is 2.14. The zero-order valence-electron chi connectivity index (χ0n) is 3.42. The van der Waals surface area contributed by atoms with Crippen molar-refractivity contribution in [2.45, 2.75) is 0 Å². The van der Waals surface area contributed by atoms with Gasteiger partial charge in [-0.1, -0.05) is 12.2 Å². The molecular formula is C4H5BS. The van der Waals surface area contributed by atoms with Crippen LogP contribution in [-0.2, 0) is 0 Å². The molecule has 1 aliphatic rings. The van der Waals surface area contributed by atoms with Gasteiger partial charge in [0.05, 0.1) is 0 Å². The Balaban J connectivity index is 2.46. The van der Waals surface area contributed by atoms with Crippen LogP contribution in [0.25, 0.3) is 0 Å². The van der Waals surface area contributed by atoms with Gasteiger partial charge in [-0.25, -0.2) is 0 Å². The maximum atomic E-state index is 2.14. The second kappa shape index (κ2) is 2.14. The van der Waals surface area contributed by atoms with E-state index in [1.165, 1.54) is 0 Å². The fourth-order valence-corrected chi connectivity index (χ4v) is 0.881. The van der Waals surface area contributed by atoms with Crippen molar-refractivity contribution < 1.29 is 0 Å². The molecule has 0 aromatic carbocycles. The molecule has 0 aliphatic carbocycles. The monoisotopic (exact) mass is 96.0 g/mol. The Kier molecular flexibility index (Phi) is 1.45. The third kappa shape index (κ3) is 0.939. The molecule has 0 radical (unpaired) electrons. The highest BCUT2D eigenvalue weighted by molar-refractivity contribution is 8.25. The first kappa shape index (κ1) is 4.06. The minimum absolute atomic E-state index is 1.15. The molecule has 6 heavy (non-hydrogen) atoms. The van der Waals surface area contributed by atoms with E-state index in [0.717, 1.165) is 6.56 Å². The van der Waals surface area contributed by atoms with E-state index in [4.69, 9.17) is 0 Å². The number of hydrogen-bond donors (Lipinski definition) is 0. The van der Waals surface area contributed by atoms with Gasteiger partial charge in [-0.2, -0.15) is 11.6 Å². The van der Waals surface area contributed by atoms with Crippen LogP contribution in [0.5, 0.6) is 0 Å². The van der Waals surface area contributed by atoms with Crippen molar-refractivity contribution in [1.82, 2.24) is 0 Å². The van der Waals surface area contributed by atoms with E-state index in [9.17, 15) is 0 Å². The van der Waals surface area contributed by atoms with Gasteiger partial charge in [-0.3, -0.25) is 0 Å². The predicted molar refractivity (Wildman–Crippen MR) is 33.0 cm³/mol. The number of allylic oxidation sites excluding steroid dienone is 2. The average Bonchev–Trinajstić information content (AvgIpc) is 1.72. The van der Waals surface area contributed by atoms with Gasteiger partial charge in [0.2, 0.25) is 6.56 Å². The quantitative estimate of drug-likeness (QED) is 0.407. The molecule has 0 bridgehead atoms. The molecule has 0 N–H and O–H groups in total. The molecule has 0 aromatic heterocycles. The van der Waals surface area contributed by atoms with Gasteiger partial charge < -0.3 is 0 Å². The molecule has 2 heteroatoms. The highest BCUT2D eigenvalue weighted by Gasteiger charge is 1.81. The Morgan fingerprint density at radius 1 is 1.33 bits per heavy atom. The van der Waals surface area contributed by atoms with Crippen molar-refractivity contribution in [1.29, 1.82) is 0 Å². The van der Waals surface area contributed by atoms with Crippen molar-refractivity contribution in [2.75, 3.05) is 0 Å². The van der Waals surface area contributed by atoms with Gasteiger partial charge in [-0.15, -0.1) is 5.98 Å². The van der Waals surface area contributed by atoms with Crippen LogP contribution in [0.2, 0.25) is 0 Å². The Hall–Kier alpha value is -0.105. The van der Waals surface area contributed by atoms with E-state index in [0.29, 0.717) is 0 Å². The summed E-state index contributed by atoms with van der Waals surface area (Å²) in [5.74, 6) is 2.14. The minimum atomic E-state index is 1.15. The molecule has 0 spiro atoms. The van der Waals surface area contributed by atoms with Crippen LogP contribution >= 0.6 is 11.6 Å². The largest absolute Gasteiger partial charge is 0.222 e. The zero-order valence-corrected chi connectivity index (χ0v) is 4.24. The molecule has 0 amide bonds. The minimum Gasteiger partial charge on any atom is -0.183 e. The first-order valence-electron chi connectivity index (χ1n) is 1.93. The fourth-order valence-electron chi connectivity index (χ4n) is 0.346. The van der Waals surface area contributed by atoms with Crippen LogP contribution in [0.3, 0.4) is 0 Å². The van der Waals surface area contributed by atoms with Crippen molar-refractivity contribution >= 4 is 18.2 Å². The van der Waals surface area contributed by atoms with Crippen LogP contribution < -0.4 is 0 Å². The van der Waals surface area contributed by atoms with Gasteiger partial charge in [-0.05, 0) is 5.41 Å².